The molecule has 4 N–H and O–H groups in total. The summed E-state index contributed by atoms with van der Waals surface area (Å²) in [7, 11) is 0. The minimum atomic E-state index is 0.657. The average molecular weight is 359 g/mol. The highest BCUT2D eigenvalue weighted by Crippen LogP contribution is 2.40. The molecule has 26 heavy (non-hydrogen) atoms. The van der Waals surface area contributed by atoms with Crippen LogP contribution in [0.4, 0.5) is 0 Å². The Labute approximate surface area is 159 Å². The third-order valence-electron chi connectivity index (χ3n) is 7.17. The number of hydrogen-bond donors (Lipinski definition) is 4. The molecule has 146 valence electrons. The van der Waals surface area contributed by atoms with Crippen LogP contribution < -0.4 is 21.7 Å². The zero-order chi connectivity index (χ0) is 17.6. The zero-order valence-electron chi connectivity index (χ0n) is 16.4. The van der Waals surface area contributed by atoms with Gasteiger partial charge in [0.2, 0.25) is 0 Å². The molecule has 3 saturated carbocycles. The van der Waals surface area contributed by atoms with Crippen molar-refractivity contribution in [3.63, 3.8) is 0 Å². The second kappa shape index (κ2) is 9.27. The van der Waals surface area contributed by atoms with Gasteiger partial charge < -0.3 is 10.9 Å². The number of fused-ring (bicyclic) bond motifs is 1. The van der Waals surface area contributed by atoms with E-state index in [0.717, 1.165) is 24.7 Å². The van der Waals surface area contributed by atoms with Gasteiger partial charge in [-0.1, -0.05) is 44.9 Å². The fraction of sp³-hybridized carbons (Fsp3) is 0.818. The van der Waals surface area contributed by atoms with Crippen LogP contribution in [0.2, 0.25) is 0 Å². The van der Waals surface area contributed by atoms with Crippen molar-refractivity contribution in [2.45, 2.75) is 102 Å². The summed E-state index contributed by atoms with van der Waals surface area (Å²) in [6.07, 6.45) is 23.5. The van der Waals surface area contributed by atoms with E-state index in [4.69, 9.17) is 0 Å². The first-order valence-corrected chi connectivity index (χ1v) is 11.3. The maximum absolute atomic E-state index is 3.64. The minimum Gasteiger partial charge on any atom is -0.325 e. The van der Waals surface area contributed by atoms with Gasteiger partial charge in [-0.3, -0.25) is 0 Å². The zero-order valence-corrected chi connectivity index (χ0v) is 16.4. The van der Waals surface area contributed by atoms with Gasteiger partial charge >= 0.3 is 0 Å². The molecule has 0 aromatic rings. The molecule has 0 amide bonds. The largest absolute Gasteiger partial charge is 0.325 e. The summed E-state index contributed by atoms with van der Waals surface area (Å²) in [6, 6.07) is 1.32. The molecule has 0 saturated heterocycles. The molecule has 0 aliphatic heterocycles. The summed E-state index contributed by atoms with van der Waals surface area (Å²) in [6.45, 7) is 0. The maximum atomic E-state index is 3.64. The van der Waals surface area contributed by atoms with Crippen LogP contribution in [0, 0.1) is 11.8 Å². The molecule has 3 atom stereocenters. The standard InChI is InChI=1S/C22H38N4/c1-2-8-19(9-3-1)23-24-20-12-14-21(15-13-20)25-26-22-11-10-17-6-4-5-7-18(17)16-22/h12,14,17-19,22-26H,1-11,13,15-16H2. The summed E-state index contributed by atoms with van der Waals surface area (Å²) in [4.78, 5) is 0. The van der Waals surface area contributed by atoms with Gasteiger partial charge in [0.05, 0.1) is 0 Å². The van der Waals surface area contributed by atoms with Gasteiger partial charge in [-0.15, -0.1) is 0 Å². The van der Waals surface area contributed by atoms with Gasteiger partial charge in [-0.05, 0) is 68.9 Å². The highest BCUT2D eigenvalue weighted by Gasteiger charge is 2.32. The van der Waals surface area contributed by atoms with Crippen molar-refractivity contribution < 1.29 is 0 Å². The van der Waals surface area contributed by atoms with Crippen molar-refractivity contribution in [3.05, 3.63) is 23.5 Å². The first kappa shape index (κ1) is 18.4. The van der Waals surface area contributed by atoms with Gasteiger partial charge in [0.15, 0.2) is 0 Å². The Hall–Kier alpha value is -1.00. The number of rotatable bonds is 6. The van der Waals surface area contributed by atoms with Crippen LogP contribution in [-0.2, 0) is 0 Å². The molecule has 0 heterocycles. The van der Waals surface area contributed by atoms with E-state index >= 15 is 0 Å². The average Bonchev–Trinajstić information content (AvgIpc) is 2.72. The molecule has 4 aliphatic carbocycles. The van der Waals surface area contributed by atoms with Crippen LogP contribution in [0.25, 0.3) is 0 Å². The maximum Gasteiger partial charge on any atom is 0.0266 e. The minimum absolute atomic E-state index is 0.657. The monoisotopic (exact) mass is 358 g/mol. The SMILES string of the molecule is C1=C(NNC2CCCCC2)CCC(NNC2CCC3CCCCC3C2)=C1. The van der Waals surface area contributed by atoms with Gasteiger partial charge in [0, 0.05) is 23.5 Å². The molecule has 0 aromatic heterocycles. The first-order valence-electron chi connectivity index (χ1n) is 11.3. The highest BCUT2D eigenvalue weighted by molar-refractivity contribution is 5.21. The van der Waals surface area contributed by atoms with Crippen molar-refractivity contribution in [1.82, 2.24) is 21.7 Å². The molecule has 0 aromatic carbocycles. The first-order chi connectivity index (χ1) is 12.9. The smallest absolute Gasteiger partial charge is 0.0266 e. The number of allylic oxidation sites excluding steroid dienone is 4. The second-order valence-corrected chi connectivity index (χ2v) is 9.07. The Morgan fingerprint density at radius 1 is 0.577 bits per heavy atom. The third kappa shape index (κ3) is 5.04. The van der Waals surface area contributed by atoms with E-state index in [9.17, 15) is 0 Å². The van der Waals surface area contributed by atoms with Crippen molar-refractivity contribution in [1.29, 1.82) is 0 Å². The van der Waals surface area contributed by atoms with Gasteiger partial charge in [0.25, 0.3) is 0 Å². The van der Waals surface area contributed by atoms with Gasteiger partial charge in [-0.2, -0.15) is 0 Å². The number of nitrogens with one attached hydrogen (secondary N) is 4. The molecule has 3 fully saturated rings. The topological polar surface area (TPSA) is 48.1 Å². The van der Waals surface area contributed by atoms with Crippen LogP contribution in [0.15, 0.2) is 23.5 Å². The van der Waals surface area contributed by atoms with Crippen molar-refractivity contribution >= 4 is 0 Å². The van der Waals surface area contributed by atoms with E-state index in [-0.39, 0.29) is 0 Å². The summed E-state index contributed by atoms with van der Waals surface area (Å²) in [5, 5.41) is 0. The lowest BCUT2D eigenvalue weighted by atomic mass is 9.69. The van der Waals surface area contributed by atoms with Gasteiger partial charge in [-0.25, -0.2) is 10.9 Å². The van der Waals surface area contributed by atoms with Crippen LogP contribution in [0.3, 0.4) is 0 Å². The lowest BCUT2D eigenvalue weighted by Gasteiger charge is -2.39. The summed E-state index contributed by atoms with van der Waals surface area (Å²) < 4.78 is 0. The number of hydrogen-bond acceptors (Lipinski definition) is 4. The number of hydrazine groups is 2. The molecule has 0 radical (unpaired) electrons. The predicted molar refractivity (Wildman–Crippen MR) is 108 cm³/mol. The van der Waals surface area contributed by atoms with Crippen molar-refractivity contribution in [2.75, 3.05) is 0 Å². The Morgan fingerprint density at radius 3 is 1.88 bits per heavy atom. The van der Waals surface area contributed by atoms with Crippen LogP contribution in [-0.4, -0.2) is 12.1 Å². The van der Waals surface area contributed by atoms with E-state index < -0.39 is 0 Å². The van der Waals surface area contributed by atoms with E-state index in [2.05, 4.69) is 33.9 Å². The summed E-state index contributed by atoms with van der Waals surface area (Å²) in [5.41, 5.74) is 16.8. The van der Waals surface area contributed by atoms with Crippen LogP contribution in [0.1, 0.15) is 89.9 Å². The summed E-state index contributed by atoms with van der Waals surface area (Å²) >= 11 is 0. The lowest BCUT2D eigenvalue weighted by Crippen LogP contribution is -2.45. The second-order valence-electron chi connectivity index (χ2n) is 9.07. The Bertz CT molecular complexity index is 506. The molecular weight excluding hydrogens is 320 g/mol. The molecule has 4 aliphatic rings. The molecule has 3 unspecified atom stereocenters. The molecule has 0 spiro atoms. The van der Waals surface area contributed by atoms with E-state index in [0.29, 0.717) is 12.1 Å². The van der Waals surface area contributed by atoms with E-state index in [1.54, 1.807) is 0 Å². The molecular formula is C22H38N4. The fourth-order valence-corrected chi connectivity index (χ4v) is 5.49. The van der Waals surface area contributed by atoms with E-state index in [1.165, 1.54) is 88.4 Å². The Morgan fingerprint density at radius 2 is 1.19 bits per heavy atom. The third-order valence-corrected chi connectivity index (χ3v) is 7.17. The summed E-state index contributed by atoms with van der Waals surface area (Å²) in [5.74, 6) is 2.02. The Kier molecular flexibility index (Phi) is 6.55. The van der Waals surface area contributed by atoms with Crippen molar-refractivity contribution in [2.24, 2.45) is 11.8 Å². The van der Waals surface area contributed by atoms with Crippen molar-refractivity contribution in [3.8, 4) is 0 Å². The molecule has 0 bridgehead atoms. The van der Waals surface area contributed by atoms with Crippen LogP contribution >= 0.6 is 0 Å². The van der Waals surface area contributed by atoms with E-state index in [1.807, 2.05) is 0 Å². The van der Waals surface area contributed by atoms with Gasteiger partial charge in [0.1, 0.15) is 0 Å². The molecule has 4 rings (SSSR count). The normalized spacial score (nSPS) is 33.0. The fourth-order valence-electron chi connectivity index (χ4n) is 5.49. The predicted octanol–water partition coefficient (Wildman–Crippen LogP) is 4.43. The lowest BCUT2D eigenvalue weighted by molar-refractivity contribution is 0.139. The molecule has 4 nitrogen and oxygen atoms in total. The quantitative estimate of drug-likeness (QED) is 0.531. The van der Waals surface area contributed by atoms with Crippen LogP contribution in [0.5, 0.6) is 0 Å². The highest BCUT2D eigenvalue weighted by atomic mass is 15.4. The Balaban J connectivity index is 1.17. The molecule has 4 heteroatoms.